The first-order valence-electron chi connectivity index (χ1n) is 6.61. The van der Waals surface area contributed by atoms with Crippen molar-refractivity contribution >= 4 is 5.91 Å². The average Bonchev–Trinajstić information content (AvgIpc) is 2.18. The summed E-state index contributed by atoms with van der Waals surface area (Å²) in [6.07, 6.45) is 3.65. The van der Waals surface area contributed by atoms with E-state index in [1.807, 2.05) is 0 Å². The largest absolute Gasteiger partial charge is 0.388 e. The van der Waals surface area contributed by atoms with E-state index in [2.05, 4.69) is 24.5 Å². The topological polar surface area (TPSA) is 61.4 Å². The van der Waals surface area contributed by atoms with Crippen LogP contribution in [0, 0.1) is 11.3 Å². The van der Waals surface area contributed by atoms with Crippen LogP contribution < -0.4 is 10.6 Å². The summed E-state index contributed by atoms with van der Waals surface area (Å²) in [5, 5.41) is 16.4. The summed E-state index contributed by atoms with van der Waals surface area (Å²) in [6, 6.07) is 0. The molecule has 2 fully saturated rings. The number of rotatable bonds is 3. The van der Waals surface area contributed by atoms with Gasteiger partial charge in [-0.3, -0.25) is 4.79 Å². The summed E-state index contributed by atoms with van der Waals surface area (Å²) in [6.45, 7) is 6.45. The van der Waals surface area contributed by atoms with Gasteiger partial charge in [0.15, 0.2) is 0 Å². The van der Waals surface area contributed by atoms with Crippen LogP contribution in [0.5, 0.6) is 0 Å². The van der Waals surface area contributed by atoms with Crippen molar-refractivity contribution in [3.63, 3.8) is 0 Å². The highest BCUT2D eigenvalue weighted by atomic mass is 16.3. The van der Waals surface area contributed by atoms with Gasteiger partial charge in [0.05, 0.1) is 11.5 Å². The molecule has 0 aromatic rings. The van der Waals surface area contributed by atoms with Gasteiger partial charge in [-0.1, -0.05) is 13.8 Å². The Balaban J connectivity index is 1.76. The molecule has 0 bridgehead atoms. The summed E-state index contributed by atoms with van der Waals surface area (Å²) < 4.78 is 0. The zero-order valence-electron chi connectivity index (χ0n) is 10.9. The molecule has 17 heavy (non-hydrogen) atoms. The monoisotopic (exact) mass is 240 g/mol. The first kappa shape index (κ1) is 12.8. The normalized spacial score (nSPS) is 27.2. The molecule has 0 spiro atoms. The van der Waals surface area contributed by atoms with Crippen LogP contribution in [-0.4, -0.2) is 36.2 Å². The van der Waals surface area contributed by atoms with E-state index in [0.717, 1.165) is 38.8 Å². The van der Waals surface area contributed by atoms with Gasteiger partial charge in [-0.25, -0.2) is 0 Å². The van der Waals surface area contributed by atoms with Gasteiger partial charge in [0.2, 0.25) is 5.91 Å². The van der Waals surface area contributed by atoms with E-state index in [1.54, 1.807) is 0 Å². The SMILES string of the molecule is CC1(C)CCC(O)(CNC(=O)C2CNC2)CC1. The predicted octanol–water partition coefficient (Wildman–Crippen LogP) is 0.653. The van der Waals surface area contributed by atoms with Crippen molar-refractivity contribution in [2.45, 2.75) is 45.1 Å². The second-order valence-electron chi connectivity index (χ2n) is 6.46. The van der Waals surface area contributed by atoms with Crippen molar-refractivity contribution in [3.05, 3.63) is 0 Å². The molecule has 3 N–H and O–H groups in total. The first-order valence-corrected chi connectivity index (χ1v) is 6.61. The number of aliphatic hydroxyl groups is 1. The molecular formula is C13H24N2O2. The van der Waals surface area contributed by atoms with Gasteiger partial charge >= 0.3 is 0 Å². The van der Waals surface area contributed by atoms with Gasteiger partial charge in [0.25, 0.3) is 0 Å². The Morgan fingerprint density at radius 3 is 2.35 bits per heavy atom. The third-order valence-corrected chi connectivity index (χ3v) is 4.28. The summed E-state index contributed by atoms with van der Waals surface area (Å²) in [5.41, 5.74) is -0.337. The lowest BCUT2D eigenvalue weighted by molar-refractivity contribution is -0.128. The van der Waals surface area contributed by atoms with E-state index in [4.69, 9.17) is 0 Å². The molecule has 2 aliphatic rings. The van der Waals surface area contributed by atoms with Crippen LogP contribution in [0.3, 0.4) is 0 Å². The molecule has 2 rings (SSSR count). The van der Waals surface area contributed by atoms with Crippen molar-refractivity contribution in [1.82, 2.24) is 10.6 Å². The Labute approximate surface area is 103 Å². The maximum atomic E-state index is 11.7. The quantitative estimate of drug-likeness (QED) is 0.679. The van der Waals surface area contributed by atoms with Gasteiger partial charge < -0.3 is 15.7 Å². The zero-order valence-corrected chi connectivity index (χ0v) is 10.9. The maximum Gasteiger partial charge on any atom is 0.225 e. The van der Waals surface area contributed by atoms with Gasteiger partial charge in [-0.15, -0.1) is 0 Å². The lowest BCUT2D eigenvalue weighted by Gasteiger charge is -2.40. The van der Waals surface area contributed by atoms with Gasteiger partial charge in [-0.05, 0) is 31.1 Å². The molecule has 0 unspecified atom stereocenters. The van der Waals surface area contributed by atoms with Crippen LogP contribution in [0.15, 0.2) is 0 Å². The third kappa shape index (κ3) is 3.19. The second-order valence-corrected chi connectivity index (χ2v) is 6.46. The fourth-order valence-electron chi connectivity index (χ4n) is 2.44. The van der Waals surface area contributed by atoms with E-state index in [9.17, 15) is 9.90 Å². The molecule has 0 aromatic carbocycles. The molecule has 1 amide bonds. The number of amides is 1. The zero-order chi connectivity index (χ0) is 12.5. The first-order chi connectivity index (χ1) is 7.90. The Morgan fingerprint density at radius 2 is 1.88 bits per heavy atom. The van der Waals surface area contributed by atoms with Crippen molar-refractivity contribution in [3.8, 4) is 0 Å². The van der Waals surface area contributed by atoms with Crippen LogP contribution in [0.4, 0.5) is 0 Å². The number of hydrogen-bond acceptors (Lipinski definition) is 3. The maximum absolute atomic E-state index is 11.7. The van der Waals surface area contributed by atoms with Gasteiger partial charge in [0.1, 0.15) is 0 Å². The Bertz CT molecular complexity index is 288. The van der Waals surface area contributed by atoms with Crippen LogP contribution >= 0.6 is 0 Å². The lowest BCUT2D eigenvalue weighted by atomic mass is 9.71. The summed E-state index contributed by atoms with van der Waals surface area (Å²) in [4.78, 5) is 11.7. The Morgan fingerprint density at radius 1 is 1.29 bits per heavy atom. The van der Waals surface area contributed by atoms with Crippen molar-refractivity contribution in [2.75, 3.05) is 19.6 Å². The van der Waals surface area contributed by atoms with E-state index in [1.165, 1.54) is 0 Å². The molecule has 1 aliphatic carbocycles. The van der Waals surface area contributed by atoms with Crippen LogP contribution in [-0.2, 0) is 4.79 Å². The van der Waals surface area contributed by atoms with Gasteiger partial charge in [0, 0.05) is 19.6 Å². The standard InChI is InChI=1S/C13H24N2O2/c1-12(2)3-5-13(17,6-4-12)9-15-11(16)10-7-14-8-10/h10,14,17H,3-9H2,1-2H3,(H,15,16). The molecule has 98 valence electrons. The van der Waals surface area contributed by atoms with E-state index in [0.29, 0.717) is 12.0 Å². The smallest absolute Gasteiger partial charge is 0.225 e. The number of nitrogens with one attached hydrogen (secondary N) is 2. The summed E-state index contributed by atoms with van der Waals surface area (Å²) >= 11 is 0. The summed E-state index contributed by atoms with van der Waals surface area (Å²) in [5.74, 6) is 0.195. The molecule has 0 aromatic heterocycles. The molecule has 0 atom stereocenters. The Kier molecular flexibility index (Phi) is 3.46. The summed E-state index contributed by atoms with van der Waals surface area (Å²) in [7, 11) is 0. The number of carbonyl (C=O) groups excluding carboxylic acids is 1. The average molecular weight is 240 g/mol. The second kappa shape index (κ2) is 4.58. The molecule has 1 saturated heterocycles. The van der Waals surface area contributed by atoms with E-state index < -0.39 is 5.60 Å². The van der Waals surface area contributed by atoms with E-state index in [-0.39, 0.29) is 11.8 Å². The molecular weight excluding hydrogens is 216 g/mol. The lowest BCUT2D eigenvalue weighted by Crippen LogP contribution is -2.54. The van der Waals surface area contributed by atoms with Gasteiger partial charge in [-0.2, -0.15) is 0 Å². The fourth-order valence-corrected chi connectivity index (χ4v) is 2.44. The predicted molar refractivity (Wildman–Crippen MR) is 66.6 cm³/mol. The number of carbonyl (C=O) groups is 1. The number of hydrogen-bond donors (Lipinski definition) is 3. The minimum Gasteiger partial charge on any atom is -0.388 e. The molecule has 1 saturated carbocycles. The minimum atomic E-state index is -0.678. The van der Waals surface area contributed by atoms with Crippen LogP contribution in [0.25, 0.3) is 0 Å². The Hall–Kier alpha value is -0.610. The highest BCUT2D eigenvalue weighted by Crippen LogP contribution is 2.39. The minimum absolute atomic E-state index is 0.0852. The molecule has 0 radical (unpaired) electrons. The van der Waals surface area contributed by atoms with Crippen LogP contribution in [0.1, 0.15) is 39.5 Å². The highest BCUT2D eigenvalue weighted by Gasteiger charge is 2.37. The molecule has 4 heteroatoms. The molecule has 1 aliphatic heterocycles. The highest BCUT2D eigenvalue weighted by molar-refractivity contribution is 5.80. The van der Waals surface area contributed by atoms with Crippen molar-refractivity contribution in [2.24, 2.45) is 11.3 Å². The van der Waals surface area contributed by atoms with E-state index >= 15 is 0 Å². The third-order valence-electron chi connectivity index (χ3n) is 4.28. The molecule has 4 nitrogen and oxygen atoms in total. The van der Waals surface area contributed by atoms with Crippen molar-refractivity contribution < 1.29 is 9.90 Å². The van der Waals surface area contributed by atoms with Crippen molar-refractivity contribution in [1.29, 1.82) is 0 Å². The fraction of sp³-hybridized carbons (Fsp3) is 0.923. The molecule has 1 heterocycles. The van der Waals surface area contributed by atoms with Crippen LogP contribution in [0.2, 0.25) is 0 Å².